The van der Waals surface area contributed by atoms with E-state index < -0.39 is 11.9 Å². The van der Waals surface area contributed by atoms with Gasteiger partial charge >= 0.3 is 6.09 Å². The Balaban J connectivity index is 0.000000624. The first-order valence-electron chi connectivity index (χ1n) is 13.5. The summed E-state index contributed by atoms with van der Waals surface area (Å²) in [5.41, 5.74) is 0.837. The molecular weight excluding hydrogens is 515 g/mol. The van der Waals surface area contributed by atoms with Crippen LogP contribution in [0.3, 0.4) is 0 Å². The second-order valence-electron chi connectivity index (χ2n) is 9.84. The third-order valence-corrected chi connectivity index (χ3v) is 6.75. The molecule has 2 amide bonds. The monoisotopic (exact) mass is 558 g/mol. The van der Waals surface area contributed by atoms with Crippen LogP contribution >= 0.6 is 11.6 Å². The molecule has 0 aromatic heterocycles. The zero-order valence-electron chi connectivity index (χ0n) is 22.7. The highest BCUT2D eigenvalue weighted by molar-refractivity contribution is 6.30. The lowest BCUT2D eigenvalue weighted by Crippen LogP contribution is -2.37. The average molecular weight is 559 g/mol. The minimum Gasteiger partial charge on any atom is -0.448 e. The maximum Gasteiger partial charge on any atom is 0.407 e. The van der Waals surface area contributed by atoms with Gasteiger partial charge in [-0.05, 0) is 62.9 Å². The van der Waals surface area contributed by atoms with Crippen LogP contribution < -0.4 is 16.0 Å². The van der Waals surface area contributed by atoms with Gasteiger partial charge in [0.15, 0.2) is 0 Å². The molecule has 9 nitrogen and oxygen atoms in total. The van der Waals surface area contributed by atoms with Crippen molar-refractivity contribution >= 4 is 24.1 Å². The van der Waals surface area contributed by atoms with Crippen molar-refractivity contribution in [1.82, 2.24) is 20.9 Å². The molecular formula is C27H44ClFN4O5. The minimum atomic E-state index is -0.518. The van der Waals surface area contributed by atoms with Crippen LogP contribution in [0, 0.1) is 17.7 Å². The summed E-state index contributed by atoms with van der Waals surface area (Å²) in [5, 5.41) is 8.30. The average Bonchev–Trinajstić information content (AvgIpc) is 2.91. The van der Waals surface area contributed by atoms with Crippen LogP contribution in [-0.2, 0) is 19.0 Å². The lowest BCUT2D eigenvalue weighted by Gasteiger charge is -2.35. The Hall–Kier alpha value is -1.98. The Morgan fingerprint density at radius 2 is 2.08 bits per heavy atom. The van der Waals surface area contributed by atoms with Crippen molar-refractivity contribution in [2.24, 2.45) is 11.8 Å². The summed E-state index contributed by atoms with van der Waals surface area (Å²) in [6.45, 7) is 8.56. The third kappa shape index (κ3) is 13.2. The fraction of sp³-hybridized carbons (Fsp3) is 0.704. The summed E-state index contributed by atoms with van der Waals surface area (Å²) in [6.07, 6.45) is 4.59. The molecule has 3 N–H and O–H groups in total. The lowest BCUT2D eigenvalue weighted by atomic mass is 9.88. The molecule has 2 aliphatic rings. The largest absolute Gasteiger partial charge is 0.448 e. The van der Waals surface area contributed by atoms with Crippen molar-refractivity contribution in [2.75, 3.05) is 72.7 Å². The van der Waals surface area contributed by atoms with E-state index in [0.717, 1.165) is 50.6 Å². The zero-order chi connectivity index (χ0) is 27.6. The first kappa shape index (κ1) is 32.2. The van der Waals surface area contributed by atoms with Crippen LogP contribution in [0.5, 0.6) is 0 Å². The summed E-state index contributed by atoms with van der Waals surface area (Å²) in [5.74, 6) is 0.615. The molecule has 0 bridgehead atoms. The standard InChI is InChI=1S/C21H32ClFN4O4.C6H12O/c1-27-10-2-3-17(14-27)20(16-4-5-19(23)18(22)13-16)30-12-9-26-21(29)31-11-8-24-6-7-25-15-28;1-6-3-2-4-7-5-6/h4-5,13,15,17,20,24H,2-3,6-12,14H2,1H3,(H,25,28)(H,26,29);6H,2-5H2,1H3/t17-,20+;6-/m10/s1. The predicted octanol–water partition coefficient (Wildman–Crippen LogP) is 3.37. The molecule has 0 saturated carbocycles. The van der Waals surface area contributed by atoms with Gasteiger partial charge in [-0.3, -0.25) is 4.79 Å². The SMILES string of the molecule is CN1CCC[C@@H]([C@@H](OCCNC(=O)OCCNCCNC=O)c2ccc(F)c(Cl)c2)C1.C[C@H]1CCCOC1. The number of amides is 2. The van der Waals surface area contributed by atoms with Gasteiger partial charge in [0.25, 0.3) is 0 Å². The van der Waals surface area contributed by atoms with Crippen molar-refractivity contribution in [3.05, 3.63) is 34.6 Å². The number of carbonyl (C=O) groups excluding carboxylic acids is 2. The van der Waals surface area contributed by atoms with Crippen molar-refractivity contribution in [2.45, 2.75) is 38.7 Å². The fourth-order valence-corrected chi connectivity index (χ4v) is 4.69. The first-order chi connectivity index (χ1) is 18.4. The highest BCUT2D eigenvalue weighted by atomic mass is 35.5. The molecule has 1 aromatic rings. The number of benzene rings is 1. The highest BCUT2D eigenvalue weighted by Gasteiger charge is 2.28. The van der Waals surface area contributed by atoms with E-state index in [1.165, 1.54) is 18.9 Å². The molecule has 2 fully saturated rings. The number of ether oxygens (including phenoxy) is 3. The van der Waals surface area contributed by atoms with Gasteiger partial charge in [-0.25, -0.2) is 9.18 Å². The highest BCUT2D eigenvalue weighted by Crippen LogP contribution is 2.34. The molecule has 2 aliphatic heterocycles. The van der Waals surface area contributed by atoms with Gasteiger partial charge in [-0.2, -0.15) is 0 Å². The number of hydrogen-bond donors (Lipinski definition) is 3. The molecule has 2 saturated heterocycles. The lowest BCUT2D eigenvalue weighted by molar-refractivity contribution is -0.109. The van der Waals surface area contributed by atoms with Crippen LogP contribution in [0.15, 0.2) is 18.2 Å². The number of hydrogen-bond acceptors (Lipinski definition) is 7. The Bertz CT molecular complexity index is 816. The molecule has 0 unspecified atom stereocenters. The minimum absolute atomic E-state index is 0.0764. The van der Waals surface area contributed by atoms with Crippen LogP contribution in [0.1, 0.15) is 44.3 Å². The number of nitrogens with one attached hydrogen (secondary N) is 3. The normalized spacial score (nSPS) is 20.5. The van der Waals surface area contributed by atoms with Crippen LogP contribution in [0.25, 0.3) is 0 Å². The van der Waals surface area contributed by atoms with Gasteiger partial charge in [0.1, 0.15) is 12.4 Å². The Kier molecular flexibility index (Phi) is 16.2. The first-order valence-corrected chi connectivity index (χ1v) is 13.9. The van der Waals surface area contributed by atoms with Crippen molar-refractivity contribution in [3.63, 3.8) is 0 Å². The fourth-order valence-electron chi connectivity index (χ4n) is 4.50. The summed E-state index contributed by atoms with van der Waals surface area (Å²) < 4.78 is 30.0. The second-order valence-corrected chi connectivity index (χ2v) is 10.2. The van der Waals surface area contributed by atoms with Crippen LogP contribution in [-0.4, -0.2) is 90.1 Å². The van der Waals surface area contributed by atoms with E-state index in [0.29, 0.717) is 39.2 Å². The maximum absolute atomic E-state index is 13.6. The van der Waals surface area contributed by atoms with Crippen molar-refractivity contribution < 1.29 is 28.2 Å². The number of likely N-dealkylation sites (tertiary alicyclic amines) is 1. The molecule has 216 valence electrons. The molecule has 0 aliphatic carbocycles. The maximum atomic E-state index is 13.6. The Labute approximate surface area is 231 Å². The number of alkyl carbamates (subject to hydrolysis) is 1. The van der Waals surface area contributed by atoms with Crippen molar-refractivity contribution in [3.8, 4) is 0 Å². The summed E-state index contributed by atoms with van der Waals surface area (Å²) in [6, 6.07) is 4.69. The molecule has 11 heteroatoms. The van der Waals surface area contributed by atoms with E-state index in [9.17, 15) is 14.0 Å². The molecule has 0 spiro atoms. The molecule has 0 radical (unpaired) electrons. The summed E-state index contributed by atoms with van der Waals surface area (Å²) in [7, 11) is 2.08. The van der Waals surface area contributed by atoms with Gasteiger partial charge in [0.05, 0.1) is 17.7 Å². The molecule has 3 rings (SSSR count). The zero-order valence-corrected chi connectivity index (χ0v) is 23.4. The topological polar surface area (TPSA) is 101 Å². The van der Waals surface area contributed by atoms with E-state index in [1.54, 1.807) is 12.1 Å². The van der Waals surface area contributed by atoms with Gasteiger partial charge in [0, 0.05) is 51.9 Å². The smallest absolute Gasteiger partial charge is 0.407 e. The van der Waals surface area contributed by atoms with Crippen LogP contribution in [0.4, 0.5) is 9.18 Å². The number of rotatable bonds is 13. The summed E-state index contributed by atoms with van der Waals surface area (Å²) >= 11 is 5.99. The number of halogens is 2. The third-order valence-electron chi connectivity index (χ3n) is 6.46. The molecule has 38 heavy (non-hydrogen) atoms. The summed E-state index contributed by atoms with van der Waals surface area (Å²) in [4.78, 5) is 24.2. The second kappa shape index (κ2) is 19.1. The van der Waals surface area contributed by atoms with E-state index in [1.807, 2.05) is 0 Å². The number of piperidine rings is 1. The van der Waals surface area contributed by atoms with Gasteiger partial charge in [-0.15, -0.1) is 0 Å². The van der Waals surface area contributed by atoms with E-state index in [2.05, 4.69) is 34.8 Å². The number of nitrogens with zero attached hydrogens (tertiary/aromatic N) is 1. The molecule has 2 heterocycles. The Morgan fingerprint density at radius 3 is 2.74 bits per heavy atom. The van der Waals surface area contributed by atoms with E-state index in [-0.39, 0.29) is 23.7 Å². The molecule has 3 atom stereocenters. The van der Waals surface area contributed by atoms with E-state index >= 15 is 0 Å². The molecule has 1 aromatic carbocycles. The van der Waals surface area contributed by atoms with Crippen molar-refractivity contribution in [1.29, 1.82) is 0 Å². The Morgan fingerprint density at radius 1 is 1.24 bits per heavy atom. The van der Waals surface area contributed by atoms with Gasteiger partial charge in [0.2, 0.25) is 6.41 Å². The predicted molar refractivity (Wildman–Crippen MR) is 146 cm³/mol. The van der Waals surface area contributed by atoms with Gasteiger partial charge < -0.3 is 35.1 Å². The quantitative estimate of drug-likeness (QED) is 0.252. The van der Waals surface area contributed by atoms with E-state index in [4.69, 9.17) is 25.8 Å². The van der Waals surface area contributed by atoms with Gasteiger partial charge in [-0.1, -0.05) is 24.6 Å². The number of carbonyl (C=O) groups is 2. The van der Waals surface area contributed by atoms with Crippen LogP contribution in [0.2, 0.25) is 5.02 Å².